The quantitative estimate of drug-likeness (QED) is 0.162. The van der Waals surface area contributed by atoms with Gasteiger partial charge in [-0.05, 0) is 47.9 Å². The molecule has 10 heteroatoms. The number of nitrogens with zero attached hydrogens (tertiary/aromatic N) is 4. The fourth-order valence-electron chi connectivity index (χ4n) is 3.07. The van der Waals surface area contributed by atoms with E-state index in [-0.39, 0.29) is 16.3 Å². The lowest BCUT2D eigenvalue weighted by Crippen LogP contribution is -2.06. The Morgan fingerprint density at radius 2 is 1.97 bits per heavy atom. The Labute approximate surface area is 211 Å². The average Bonchev–Trinajstić information content (AvgIpc) is 2.86. The summed E-state index contributed by atoms with van der Waals surface area (Å²) >= 11 is 2.59. The van der Waals surface area contributed by atoms with Crippen molar-refractivity contribution < 1.29 is 13.5 Å². The Kier molecular flexibility index (Phi) is 9.64. The molecule has 0 atom stereocenters. The number of methoxy groups -OCH3 is 1. The number of amidine groups is 1. The molecular weight excluding hydrogens is 488 g/mol. The van der Waals surface area contributed by atoms with Gasteiger partial charge in [-0.15, -0.1) is 16.9 Å². The van der Waals surface area contributed by atoms with E-state index in [1.54, 1.807) is 26.3 Å². The van der Waals surface area contributed by atoms with Crippen molar-refractivity contribution in [1.82, 2.24) is 4.98 Å². The molecule has 0 saturated carbocycles. The molecule has 35 heavy (non-hydrogen) atoms. The van der Waals surface area contributed by atoms with E-state index in [4.69, 9.17) is 10.5 Å². The van der Waals surface area contributed by atoms with Crippen LogP contribution in [0.3, 0.4) is 0 Å². The van der Waals surface area contributed by atoms with Crippen molar-refractivity contribution >= 4 is 34.9 Å². The lowest BCUT2D eigenvalue weighted by atomic mass is 10.1. The summed E-state index contributed by atoms with van der Waals surface area (Å²) in [7, 11) is 1.55. The zero-order chi connectivity index (χ0) is 25.2. The van der Waals surface area contributed by atoms with Gasteiger partial charge in [0, 0.05) is 17.1 Å². The number of benzene rings is 2. The number of rotatable bonds is 9. The van der Waals surface area contributed by atoms with E-state index in [0.717, 1.165) is 16.7 Å². The average molecular weight is 512 g/mol. The number of alkyl halides is 2. The third-order valence-corrected chi connectivity index (χ3v) is 6.68. The SMILES string of the molecule is COc1ccc(C=NN=C(N)SCc2ccccc2)cc1CSc1nc(C(F)F)cc(C)c1C#N. The Morgan fingerprint density at radius 1 is 1.20 bits per heavy atom. The van der Waals surface area contributed by atoms with Crippen molar-refractivity contribution in [3.8, 4) is 11.8 Å². The third-order valence-electron chi connectivity index (χ3n) is 4.80. The molecule has 2 aromatic carbocycles. The molecule has 0 bridgehead atoms. The van der Waals surface area contributed by atoms with Gasteiger partial charge in [0.05, 0.1) is 18.9 Å². The highest BCUT2D eigenvalue weighted by Crippen LogP contribution is 2.32. The molecule has 0 fully saturated rings. The molecule has 1 aromatic heterocycles. The van der Waals surface area contributed by atoms with Gasteiger partial charge in [-0.2, -0.15) is 10.4 Å². The number of nitriles is 1. The first-order valence-corrected chi connectivity index (χ1v) is 12.4. The number of pyridine rings is 1. The smallest absolute Gasteiger partial charge is 0.280 e. The molecule has 0 radical (unpaired) electrons. The van der Waals surface area contributed by atoms with Crippen LogP contribution >= 0.6 is 23.5 Å². The fourth-order valence-corrected chi connectivity index (χ4v) is 4.72. The topological polar surface area (TPSA) is 96.7 Å². The van der Waals surface area contributed by atoms with Crippen molar-refractivity contribution in [3.63, 3.8) is 0 Å². The number of ether oxygens (including phenoxy) is 1. The summed E-state index contributed by atoms with van der Waals surface area (Å²) in [5, 5.41) is 18.2. The van der Waals surface area contributed by atoms with Gasteiger partial charge in [0.15, 0.2) is 5.17 Å². The number of aromatic nitrogens is 1. The zero-order valence-electron chi connectivity index (χ0n) is 19.1. The number of hydrogen-bond acceptors (Lipinski definition) is 7. The summed E-state index contributed by atoms with van der Waals surface area (Å²) < 4.78 is 31.8. The summed E-state index contributed by atoms with van der Waals surface area (Å²) in [5.41, 5.74) is 9.03. The normalized spacial score (nSPS) is 11.7. The molecule has 3 rings (SSSR count). The lowest BCUT2D eigenvalue weighted by Gasteiger charge is -2.11. The van der Waals surface area contributed by atoms with Crippen LogP contribution in [-0.4, -0.2) is 23.5 Å². The van der Waals surface area contributed by atoms with E-state index in [0.29, 0.717) is 28.0 Å². The van der Waals surface area contributed by atoms with Crippen molar-refractivity contribution in [3.05, 3.63) is 88.1 Å². The molecule has 0 spiro atoms. The maximum Gasteiger partial charge on any atom is 0.280 e. The van der Waals surface area contributed by atoms with Crippen LogP contribution in [0.2, 0.25) is 0 Å². The Hall–Kier alpha value is -3.42. The van der Waals surface area contributed by atoms with Crippen LogP contribution in [0, 0.1) is 18.3 Å². The van der Waals surface area contributed by atoms with E-state index < -0.39 is 6.43 Å². The second-order valence-corrected chi connectivity index (χ2v) is 9.23. The van der Waals surface area contributed by atoms with Crippen LogP contribution in [0.25, 0.3) is 0 Å². The van der Waals surface area contributed by atoms with Gasteiger partial charge in [0.1, 0.15) is 22.5 Å². The maximum atomic E-state index is 13.2. The van der Waals surface area contributed by atoms with E-state index in [1.165, 1.54) is 29.6 Å². The van der Waals surface area contributed by atoms with Crippen molar-refractivity contribution in [2.24, 2.45) is 15.9 Å². The van der Waals surface area contributed by atoms with Gasteiger partial charge in [-0.1, -0.05) is 42.1 Å². The van der Waals surface area contributed by atoms with Gasteiger partial charge in [0.2, 0.25) is 0 Å². The molecule has 3 aromatic rings. The third kappa shape index (κ3) is 7.53. The highest BCUT2D eigenvalue weighted by Gasteiger charge is 2.17. The highest BCUT2D eigenvalue weighted by atomic mass is 32.2. The molecule has 0 saturated heterocycles. The molecule has 2 N–H and O–H groups in total. The van der Waals surface area contributed by atoms with Crippen LogP contribution in [0.5, 0.6) is 5.75 Å². The van der Waals surface area contributed by atoms with Gasteiger partial charge < -0.3 is 10.5 Å². The molecular formula is C25H23F2N5OS2. The second-order valence-electron chi connectivity index (χ2n) is 7.27. The monoisotopic (exact) mass is 511 g/mol. The van der Waals surface area contributed by atoms with Gasteiger partial charge in [-0.3, -0.25) is 0 Å². The lowest BCUT2D eigenvalue weighted by molar-refractivity contribution is 0.145. The predicted octanol–water partition coefficient (Wildman–Crippen LogP) is 6.08. The first-order valence-electron chi connectivity index (χ1n) is 10.4. The molecule has 0 aliphatic rings. The molecule has 180 valence electrons. The van der Waals surface area contributed by atoms with E-state index >= 15 is 0 Å². The van der Waals surface area contributed by atoms with Crippen molar-refractivity contribution in [2.45, 2.75) is 29.9 Å². The van der Waals surface area contributed by atoms with Gasteiger partial charge in [0.25, 0.3) is 6.43 Å². The maximum absolute atomic E-state index is 13.2. The minimum Gasteiger partial charge on any atom is -0.496 e. The van der Waals surface area contributed by atoms with Crippen LogP contribution in [0.4, 0.5) is 8.78 Å². The number of aryl methyl sites for hydroxylation is 1. The van der Waals surface area contributed by atoms with E-state index in [2.05, 4.69) is 21.3 Å². The Bertz CT molecular complexity index is 1260. The predicted molar refractivity (Wildman–Crippen MR) is 138 cm³/mol. The summed E-state index contributed by atoms with van der Waals surface area (Å²) in [6.07, 6.45) is -1.14. The number of thioether (sulfide) groups is 2. The molecule has 0 aliphatic carbocycles. The van der Waals surface area contributed by atoms with Crippen molar-refractivity contribution in [1.29, 1.82) is 5.26 Å². The first kappa shape index (κ1) is 26.2. The molecule has 0 unspecified atom stereocenters. The van der Waals surface area contributed by atoms with Gasteiger partial charge in [-0.25, -0.2) is 13.8 Å². The standard InChI is InChI=1S/C25H23F2N5OS2/c1-16-10-21(23(26)27)31-24(20(16)12-28)34-15-19-11-18(8-9-22(19)33-2)13-30-32-25(29)35-14-17-6-4-3-5-7-17/h3-11,13,23H,14-15H2,1-2H3,(H2,29,32). The van der Waals surface area contributed by atoms with Crippen molar-refractivity contribution in [2.75, 3.05) is 7.11 Å². The summed E-state index contributed by atoms with van der Waals surface area (Å²) in [4.78, 5) is 3.99. The highest BCUT2D eigenvalue weighted by molar-refractivity contribution is 8.13. The summed E-state index contributed by atoms with van der Waals surface area (Å²) in [5.74, 6) is 1.67. The number of hydrogen-bond donors (Lipinski definition) is 1. The first-order chi connectivity index (χ1) is 16.9. The van der Waals surface area contributed by atoms with Crippen LogP contribution in [0.15, 0.2) is 69.8 Å². The summed E-state index contributed by atoms with van der Waals surface area (Å²) in [6.45, 7) is 1.62. The number of halogens is 2. The van der Waals surface area contributed by atoms with Gasteiger partial charge >= 0.3 is 0 Å². The van der Waals surface area contributed by atoms with Crippen LogP contribution in [-0.2, 0) is 11.5 Å². The minimum atomic E-state index is -2.71. The largest absolute Gasteiger partial charge is 0.496 e. The number of nitrogens with two attached hydrogens (primary N) is 1. The molecule has 0 aliphatic heterocycles. The van der Waals surface area contributed by atoms with E-state index in [1.807, 2.05) is 42.5 Å². The van der Waals surface area contributed by atoms with E-state index in [9.17, 15) is 14.0 Å². The summed E-state index contributed by atoms with van der Waals surface area (Å²) in [6, 6.07) is 18.7. The zero-order valence-corrected chi connectivity index (χ0v) is 20.7. The Morgan fingerprint density at radius 3 is 2.66 bits per heavy atom. The van der Waals surface area contributed by atoms with Crippen LogP contribution < -0.4 is 10.5 Å². The fraction of sp³-hybridized carbons (Fsp3) is 0.200. The molecule has 6 nitrogen and oxygen atoms in total. The minimum absolute atomic E-state index is 0.261. The van der Waals surface area contributed by atoms with Crippen LogP contribution in [0.1, 0.15) is 39.9 Å². The molecule has 0 amide bonds. The second kappa shape index (κ2) is 12.9. The molecule has 1 heterocycles. The Balaban J connectivity index is 1.72.